The van der Waals surface area contributed by atoms with Gasteiger partial charge in [-0.1, -0.05) is 34.1 Å². The average Bonchev–Trinajstić information content (AvgIpc) is 2.15. The zero-order valence-corrected chi connectivity index (χ0v) is 11.6. The van der Waals surface area contributed by atoms with Gasteiger partial charge in [0.25, 0.3) is 0 Å². The van der Waals surface area contributed by atoms with E-state index >= 15 is 0 Å². The number of rotatable bonds is 5. The minimum absolute atomic E-state index is 0.143. The molecule has 1 fully saturated rings. The fourth-order valence-electron chi connectivity index (χ4n) is 2.93. The van der Waals surface area contributed by atoms with Crippen LogP contribution in [0.2, 0.25) is 0 Å². The van der Waals surface area contributed by atoms with Crippen molar-refractivity contribution in [2.24, 2.45) is 17.3 Å². The first-order valence-corrected chi connectivity index (χ1v) is 6.78. The molecule has 2 N–H and O–H groups in total. The molecule has 1 aliphatic rings. The summed E-state index contributed by atoms with van der Waals surface area (Å²) in [6.07, 6.45) is 5.03. The Kier molecular flexibility index (Phi) is 4.99. The summed E-state index contributed by atoms with van der Waals surface area (Å²) < 4.78 is 0. The molecule has 0 spiro atoms. The fourth-order valence-corrected chi connectivity index (χ4v) is 2.93. The minimum atomic E-state index is -0.727. The Bertz CT molecular complexity index is 261. The highest BCUT2D eigenvalue weighted by molar-refractivity contribution is 5.73. The molecule has 100 valence electrons. The molecule has 0 aromatic rings. The van der Waals surface area contributed by atoms with Gasteiger partial charge in [0.1, 0.15) is 6.04 Å². The van der Waals surface area contributed by atoms with Gasteiger partial charge >= 0.3 is 5.97 Å². The molecule has 0 aliphatic heterocycles. The number of hydrogen-bond donors (Lipinski definition) is 2. The van der Waals surface area contributed by atoms with Crippen molar-refractivity contribution in [1.82, 2.24) is 5.32 Å². The van der Waals surface area contributed by atoms with E-state index in [-0.39, 0.29) is 5.92 Å². The molecule has 0 amide bonds. The first-order valence-electron chi connectivity index (χ1n) is 6.78. The predicted octanol–water partition coefficient (Wildman–Crippen LogP) is 2.90. The third-order valence-electron chi connectivity index (χ3n) is 3.87. The van der Waals surface area contributed by atoms with E-state index in [2.05, 4.69) is 19.2 Å². The smallest absolute Gasteiger partial charge is 0.320 e. The quantitative estimate of drug-likeness (QED) is 0.778. The molecule has 1 aliphatic carbocycles. The molecule has 3 nitrogen and oxygen atoms in total. The second kappa shape index (κ2) is 5.85. The van der Waals surface area contributed by atoms with Crippen LogP contribution in [0.15, 0.2) is 0 Å². The molecular weight excluding hydrogens is 214 g/mol. The van der Waals surface area contributed by atoms with Crippen LogP contribution in [0.25, 0.3) is 0 Å². The van der Waals surface area contributed by atoms with Crippen LogP contribution in [-0.4, -0.2) is 23.7 Å². The molecule has 0 bridgehead atoms. The highest BCUT2D eigenvalue weighted by atomic mass is 16.4. The molecule has 0 saturated heterocycles. The summed E-state index contributed by atoms with van der Waals surface area (Å²) in [5.74, 6) is 0.0542. The van der Waals surface area contributed by atoms with Gasteiger partial charge in [0.2, 0.25) is 0 Å². The van der Waals surface area contributed by atoms with E-state index in [1.165, 1.54) is 25.7 Å². The maximum absolute atomic E-state index is 11.1. The summed E-state index contributed by atoms with van der Waals surface area (Å²) in [4.78, 5) is 11.1. The second-order valence-electron chi connectivity index (χ2n) is 6.59. The number of carbonyl (C=O) groups is 1. The van der Waals surface area contributed by atoms with Crippen LogP contribution >= 0.6 is 0 Å². The van der Waals surface area contributed by atoms with Gasteiger partial charge < -0.3 is 10.4 Å². The molecule has 1 saturated carbocycles. The zero-order valence-electron chi connectivity index (χ0n) is 11.6. The van der Waals surface area contributed by atoms with Crippen LogP contribution in [0.5, 0.6) is 0 Å². The average molecular weight is 241 g/mol. The van der Waals surface area contributed by atoms with Gasteiger partial charge in [-0.15, -0.1) is 0 Å². The number of aliphatic carboxylic acids is 1. The van der Waals surface area contributed by atoms with Crippen molar-refractivity contribution in [3.05, 3.63) is 0 Å². The van der Waals surface area contributed by atoms with Crippen molar-refractivity contribution in [3.8, 4) is 0 Å². The first-order chi connectivity index (χ1) is 7.82. The minimum Gasteiger partial charge on any atom is -0.480 e. The van der Waals surface area contributed by atoms with Crippen molar-refractivity contribution in [2.75, 3.05) is 6.54 Å². The summed E-state index contributed by atoms with van der Waals surface area (Å²) in [6.45, 7) is 9.39. The topological polar surface area (TPSA) is 49.3 Å². The Morgan fingerprint density at radius 3 is 2.59 bits per heavy atom. The van der Waals surface area contributed by atoms with Crippen LogP contribution in [0.1, 0.15) is 53.4 Å². The lowest BCUT2D eigenvalue weighted by Gasteiger charge is -2.36. The molecule has 0 aromatic heterocycles. The van der Waals surface area contributed by atoms with E-state index in [4.69, 9.17) is 5.11 Å². The largest absolute Gasteiger partial charge is 0.480 e. The summed E-state index contributed by atoms with van der Waals surface area (Å²) in [7, 11) is 0. The Balaban J connectivity index is 2.41. The van der Waals surface area contributed by atoms with Crippen molar-refractivity contribution >= 4 is 5.97 Å². The maximum Gasteiger partial charge on any atom is 0.320 e. The number of carboxylic acids is 1. The number of nitrogens with one attached hydrogen (secondary N) is 1. The van der Waals surface area contributed by atoms with Crippen molar-refractivity contribution in [2.45, 2.75) is 59.4 Å². The first kappa shape index (κ1) is 14.5. The van der Waals surface area contributed by atoms with E-state index in [0.717, 1.165) is 6.54 Å². The molecular formula is C14H27NO2. The normalized spacial score (nSPS) is 25.8. The van der Waals surface area contributed by atoms with Crippen LogP contribution in [0, 0.1) is 17.3 Å². The summed E-state index contributed by atoms with van der Waals surface area (Å²) in [6, 6.07) is -0.403. The van der Waals surface area contributed by atoms with Crippen LogP contribution in [0.4, 0.5) is 0 Å². The fraction of sp³-hybridized carbons (Fsp3) is 0.929. The lowest BCUT2D eigenvalue weighted by atomic mass is 9.72. The zero-order chi connectivity index (χ0) is 13.1. The Hall–Kier alpha value is -0.570. The van der Waals surface area contributed by atoms with Gasteiger partial charge in [-0.3, -0.25) is 4.79 Å². The molecule has 2 atom stereocenters. The predicted molar refractivity (Wildman–Crippen MR) is 70.0 cm³/mol. The standard InChI is InChI=1S/C14H27NO2/c1-10(2)12(13(16)17)15-9-11-6-5-7-14(3,4)8-11/h10-12,15H,5-9H2,1-4H3,(H,16,17)/t11-,12-/m1/s1. The maximum atomic E-state index is 11.1. The summed E-state index contributed by atoms with van der Waals surface area (Å²) >= 11 is 0. The highest BCUT2D eigenvalue weighted by Gasteiger charge is 2.29. The molecule has 0 aromatic carbocycles. The van der Waals surface area contributed by atoms with Gasteiger partial charge in [-0.2, -0.15) is 0 Å². The van der Waals surface area contributed by atoms with E-state index in [0.29, 0.717) is 11.3 Å². The Morgan fingerprint density at radius 2 is 2.12 bits per heavy atom. The Morgan fingerprint density at radius 1 is 1.47 bits per heavy atom. The van der Waals surface area contributed by atoms with Crippen molar-refractivity contribution in [3.63, 3.8) is 0 Å². The van der Waals surface area contributed by atoms with Crippen LogP contribution < -0.4 is 5.32 Å². The van der Waals surface area contributed by atoms with Gasteiger partial charge in [0.05, 0.1) is 0 Å². The molecule has 0 heterocycles. The highest BCUT2D eigenvalue weighted by Crippen LogP contribution is 2.38. The summed E-state index contributed by atoms with van der Waals surface area (Å²) in [5, 5.41) is 12.3. The molecule has 1 rings (SSSR count). The van der Waals surface area contributed by atoms with Gasteiger partial charge in [0.15, 0.2) is 0 Å². The third kappa shape index (κ3) is 4.66. The Labute approximate surface area is 105 Å². The molecule has 3 heteroatoms. The number of carboxylic acid groups (broad SMARTS) is 1. The van der Waals surface area contributed by atoms with E-state index in [1.807, 2.05) is 13.8 Å². The third-order valence-corrected chi connectivity index (χ3v) is 3.87. The molecule has 17 heavy (non-hydrogen) atoms. The van der Waals surface area contributed by atoms with E-state index < -0.39 is 12.0 Å². The molecule has 0 unspecified atom stereocenters. The van der Waals surface area contributed by atoms with E-state index in [9.17, 15) is 4.79 Å². The second-order valence-corrected chi connectivity index (χ2v) is 6.59. The summed E-state index contributed by atoms with van der Waals surface area (Å²) in [5.41, 5.74) is 0.432. The van der Waals surface area contributed by atoms with Crippen LogP contribution in [0.3, 0.4) is 0 Å². The van der Waals surface area contributed by atoms with Crippen molar-refractivity contribution in [1.29, 1.82) is 0 Å². The van der Waals surface area contributed by atoms with E-state index in [1.54, 1.807) is 0 Å². The van der Waals surface area contributed by atoms with Crippen molar-refractivity contribution < 1.29 is 9.90 Å². The van der Waals surface area contributed by atoms with Gasteiger partial charge in [0, 0.05) is 0 Å². The monoisotopic (exact) mass is 241 g/mol. The van der Waals surface area contributed by atoms with Gasteiger partial charge in [-0.05, 0) is 43.1 Å². The van der Waals surface area contributed by atoms with Crippen LogP contribution in [-0.2, 0) is 4.79 Å². The number of hydrogen-bond acceptors (Lipinski definition) is 2. The lowest BCUT2D eigenvalue weighted by Crippen LogP contribution is -2.44. The SMILES string of the molecule is CC(C)[C@@H](NC[C@@H]1CCCC(C)(C)C1)C(=O)O. The lowest BCUT2D eigenvalue weighted by molar-refractivity contribution is -0.140. The van der Waals surface area contributed by atoms with Gasteiger partial charge in [-0.25, -0.2) is 0 Å². The molecule has 0 radical (unpaired) electrons.